The summed E-state index contributed by atoms with van der Waals surface area (Å²) in [5.74, 6) is 0.550. The predicted octanol–water partition coefficient (Wildman–Crippen LogP) is 1.46. The first-order chi connectivity index (χ1) is 10.3. The molecular weight excluding hydrogens is 304 g/mol. The fourth-order valence-corrected chi connectivity index (χ4v) is 4.01. The lowest BCUT2D eigenvalue weighted by atomic mass is 10.0. The molecule has 0 aliphatic carbocycles. The maximum atomic E-state index is 12.7. The molecule has 1 aromatic rings. The molecule has 1 aromatic carbocycles. The molecule has 7 heteroatoms. The van der Waals surface area contributed by atoms with E-state index in [9.17, 15) is 13.2 Å². The number of ketones is 1. The normalized spacial score (nSPS) is 19.6. The molecule has 1 fully saturated rings. The highest BCUT2D eigenvalue weighted by Crippen LogP contribution is 2.27. The van der Waals surface area contributed by atoms with Crippen LogP contribution in [0, 0.1) is 6.92 Å². The molecule has 1 atom stereocenters. The van der Waals surface area contributed by atoms with E-state index in [0.29, 0.717) is 30.7 Å². The zero-order valence-corrected chi connectivity index (χ0v) is 14.2. The highest BCUT2D eigenvalue weighted by molar-refractivity contribution is 7.86. The van der Waals surface area contributed by atoms with Crippen LogP contribution >= 0.6 is 0 Å². The lowest BCUT2D eigenvalue weighted by molar-refractivity contribution is 0.0915. The smallest absolute Gasteiger partial charge is 0.282 e. The second kappa shape index (κ2) is 6.36. The Labute approximate surface area is 131 Å². The second-order valence-electron chi connectivity index (χ2n) is 5.61. The van der Waals surface area contributed by atoms with Crippen molar-refractivity contribution >= 4 is 16.0 Å². The summed E-state index contributed by atoms with van der Waals surface area (Å²) in [6, 6.07) is 4.55. The minimum Gasteiger partial charge on any atom is -0.496 e. The Morgan fingerprint density at radius 3 is 2.59 bits per heavy atom. The van der Waals surface area contributed by atoms with Crippen molar-refractivity contribution in [2.75, 3.05) is 27.7 Å². The summed E-state index contributed by atoms with van der Waals surface area (Å²) < 4.78 is 32.3. The monoisotopic (exact) mass is 326 g/mol. The van der Waals surface area contributed by atoms with Crippen LogP contribution in [-0.2, 0) is 10.2 Å². The molecule has 0 amide bonds. The predicted molar refractivity (Wildman–Crippen MR) is 84.4 cm³/mol. The average Bonchev–Trinajstić information content (AvgIpc) is 2.96. The SMILES string of the molecule is COc1ccc(C(=O)C2CCCN2S(=O)(=O)N(C)C)cc1C. The number of Topliss-reactive ketones (excluding diaryl/α,β-unsaturated/α-hetero) is 1. The van der Waals surface area contributed by atoms with Gasteiger partial charge in [-0.2, -0.15) is 17.0 Å². The topological polar surface area (TPSA) is 66.9 Å². The molecule has 122 valence electrons. The lowest BCUT2D eigenvalue weighted by Gasteiger charge is -2.26. The van der Waals surface area contributed by atoms with Crippen molar-refractivity contribution in [3.8, 4) is 5.75 Å². The van der Waals surface area contributed by atoms with E-state index in [0.717, 1.165) is 9.87 Å². The van der Waals surface area contributed by atoms with Gasteiger partial charge in [-0.15, -0.1) is 0 Å². The number of carbonyl (C=O) groups is 1. The number of hydrogen-bond donors (Lipinski definition) is 0. The van der Waals surface area contributed by atoms with E-state index in [2.05, 4.69) is 0 Å². The van der Waals surface area contributed by atoms with Crippen LogP contribution in [0.25, 0.3) is 0 Å². The molecule has 1 unspecified atom stereocenters. The Kier molecular flexibility index (Phi) is 4.89. The number of carbonyl (C=O) groups excluding carboxylic acids is 1. The van der Waals surface area contributed by atoms with Gasteiger partial charge in [0.15, 0.2) is 5.78 Å². The number of rotatable bonds is 5. The van der Waals surface area contributed by atoms with Crippen molar-refractivity contribution in [3.05, 3.63) is 29.3 Å². The number of nitrogens with zero attached hydrogens (tertiary/aromatic N) is 2. The number of ether oxygens (including phenoxy) is 1. The van der Waals surface area contributed by atoms with Gasteiger partial charge < -0.3 is 4.74 Å². The van der Waals surface area contributed by atoms with Crippen LogP contribution in [0.1, 0.15) is 28.8 Å². The standard InChI is InChI=1S/C15H22N2O4S/c1-11-10-12(7-8-14(11)21-4)15(18)13-6-5-9-17(13)22(19,20)16(2)3/h7-8,10,13H,5-6,9H2,1-4H3. The van der Waals surface area contributed by atoms with Gasteiger partial charge in [-0.05, 0) is 43.5 Å². The van der Waals surface area contributed by atoms with Crippen LogP contribution in [0.4, 0.5) is 0 Å². The number of methoxy groups -OCH3 is 1. The molecule has 0 spiro atoms. The molecule has 2 rings (SSSR count). The third kappa shape index (κ3) is 3.02. The first-order valence-corrected chi connectivity index (χ1v) is 8.57. The van der Waals surface area contributed by atoms with E-state index >= 15 is 0 Å². The van der Waals surface area contributed by atoms with E-state index in [1.807, 2.05) is 6.92 Å². The molecule has 0 N–H and O–H groups in total. The Morgan fingerprint density at radius 1 is 1.36 bits per heavy atom. The van der Waals surface area contributed by atoms with Gasteiger partial charge in [0.25, 0.3) is 10.2 Å². The van der Waals surface area contributed by atoms with Crippen molar-refractivity contribution < 1.29 is 17.9 Å². The molecule has 0 bridgehead atoms. The van der Waals surface area contributed by atoms with Gasteiger partial charge in [0.1, 0.15) is 5.75 Å². The van der Waals surface area contributed by atoms with Gasteiger partial charge >= 0.3 is 0 Å². The third-order valence-corrected chi connectivity index (χ3v) is 5.90. The first kappa shape index (κ1) is 16.9. The summed E-state index contributed by atoms with van der Waals surface area (Å²) in [7, 11) is 0.953. The van der Waals surface area contributed by atoms with E-state index < -0.39 is 16.3 Å². The van der Waals surface area contributed by atoms with Crippen molar-refractivity contribution in [2.24, 2.45) is 0 Å². The van der Waals surface area contributed by atoms with Crippen LogP contribution in [0.2, 0.25) is 0 Å². The second-order valence-corrected chi connectivity index (χ2v) is 7.70. The average molecular weight is 326 g/mol. The van der Waals surface area contributed by atoms with E-state index in [-0.39, 0.29) is 5.78 Å². The van der Waals surface area contributed by atoms with Gasteiger partial charge in [0, 0.05) is 26.2 Å². The molecule has 1 aliphatic rings. The zero-order valence-electron chi connectivity index (χ0n) is 13.4. The largest absolute Gasteiger partial charge is 0.496 e. The van der Waals surface area contributed by atoms with Gasteiger partial charge in [0.2, 0.25) is 0 Å². The van der Waals surface area contributed by atoms with E-state index in [1.165, 1.54) is 18.4 Å². The molecule has 6 nitrogen and oxygen atoms in total. The first-order valence-electron chi connectivity index (χ1n) is 7.17. The third-order valence-electron chi connectivity index (χ3n) is 3.94. The fourth-order valence-electron chi connectivity index (χ4n) is 2.71. The summed E-state index contributed by atoms with van der Waals surface area (Å²) in [5, 5.41) is 0. The van der Waals surface area contributed by atoms with Gasteiger partial charge in [-0.3, -0.25) is 4.79 Å². The highest BCUT2D eigenvalue weighted by atomic mass is 32.2. The molecule has 0 saturated carbocycles. The Morgan fingerprint density at radius 2 is 2.05 bits per heavy atom. The van der Waals surface area contributed by atoms with Crippen LogP contribution in [0.3, 0.4) is 0 Å². The molecule has 1 aliphatic heterocycles. The van der Waals surface area contributed by atoms with Gasteiger partial charge in [-0.25, -0.2) is 0 Å². The fraction of sp³-hybridized carbons (Fsp3) is 0.533. The lowest BCUT2D eigenvalue weighted by Crippen LogP contribution is -2.45. The zero-order chi connectivity index (χ0) is 16.5. The van der Waals surface area contributed by atoms with Gasteiger partial charge in [-0.1, -0.05) is 0 Å². The molecular formula is C15H22N2O4S. The molecule has 0 aromatic heterocycles. The molecule has 1 heterocycles. The van der Waals surface area contributed by atoms with Crippen molar-refractivity contribution in [1.29, 1.82) is 0 Å². The van der Waals surface area contributed by atoms with Crippen LogP contribution in [0.15, 0.2) is 18.2 Å². The Hall–Kier alpha value is -1.44. The van der Waals surface area contributed by atoms with Crippen LogP contribution in [0.5, 0.6) is 5.75 Å². The van der Waals surface area contributed by atoms with Crippen LogP contribution in [-0.4, -0.2) is 56.6 Å². The van der Waals surface area contributed by atoms with Gasteiger partial charge in [0.05, 0.1) is 13.2 Å². The molecule has 0 radical (unpaired) electrons. The summed E-state index contributed by atoms with van der Waals surface area (Å²) in [6.07, 6.45) is 1.25. The summed E-state index contributed by atoms with van der Waals surface area (Å²) in [6.45, 7) is 2.24. The molecule has 1 saturated heterocycles. The number of aryl methyl sites for hydroxylation is 1. The van der Waals surface area contributed by atoms with Crippen molar-refractivity contribution in [3.63, 3.8) is 0 Å². The highest BCUT2D eigenvalue weighted by Gasteiger charge is 2.39. The summed E-state index contributed by atoms with van der Waals surface area (Å²) in [4.78, 5) is 12.7. The quantitative estimate of drug-likeness (QED) is 0.768. The minimum atomic E-state index is -3.58. The maximum absolute atomic E-state index is 12.7. The Balaban J connectivity index is 2.30. The van der Waals surface area contributed by atoms with E-state index in [4.69, 9.17) is 4.74 Å². The summed E-state index contributed by atoms with van der Waals surface area (Å²) >= 11 is 0. The molecule has 22 heavy (non-hydrogen) atoms. The van der Waals surface area contributed by atoms with Crippen molar-refractivity contribution in [1.82, 2.24) is 8.61 Å². The number of benzene rings is 1. The van der Waals surface area contributed by atoms with Crippen molar-refractivity contribution in [2.45, 2.75) is 25.8 Å². The van der Waals surface area contributed by atoms with Crippen LogP contribution < -0.4 is 4.74 Å². The van der Waals surface area contributed by atoms with E-state index in [1.54, 1.807) is 25.3 Å². The number of hydrogen-bond acceptors (Lipinski definition) is 4. The minimum absolute atomic E-state index is 0.159. The Bertz CT molecular complexity index is 670. The summed E-state index contributed by atoms with van der Waals surface area (Å²) in [5.41, 5.74) is 1.37. The maximum Gasteiger partial charge on any atom is 0.282 e.